The van der Waals surface area contributed by atoms with Crippen molar-refractivity contribution in [2.75, 3.05) is 5.32 Å². The second-order valence-electron chi connectivity index (χ2n) is 4.79. The second-order valence-corrected chi connectivity index (χ2v) is 7.37. The monoisotopic (exact) mass is 433 g/mol. The maximum Gasteiger partial charge on any atom is 0.0724 e. The molecule has 0 aliphatic heterocycles. The Kier molecular flexibility index (Phi) is 4.32. The SMILES string of the molecule is Clc1cc(Br)cc(Cl)c1NC1CCc2c(Br)cccc21. The van der Waals surface area contributed by atoms with Crippen molar-refractivity contribution in [3.63, 3.8) is 0 Å². The number of benzene rings is 2. The van der Waals surface area contributed by atoms with Gasteiger partial charge in [0, 0.05) is 8.95 Å². The average Bonchev–Trinajstić information content (AvgIpc) is 2.78. The van der Waals surface area contributed by atoms with Gasteiger partial charge in [-0.3, -0.25) is 0 Å². The topological polar surface area (TPSA) is 12.0 Å². The molecule has 1 aliphatic carbocycles. The predicted octanol–water partition coefficient (Wildman–Crippen LogP) is 6.62. The van der Waals surface area contributed by atoms with E-state index < -0.39 is 0 Å². The summed E-state index contributed by atoms with van der Waals surface area (Å²) >= 11 is 19.6. The van der Waals surface area contributed by atoms with Gasteiger partial charge in [0.25, 0.3) is 0 Å². The molecule has 2 aromatic carbocycles. The molecule has 1 unspecified atom stereocenters. The van der Waals surface area contributed by atoms with Crippen LogP contribution >= 0.6 is 55.1 Å². The third-order valence-electron chi connectivity index (χ3n) is 3.54. The minimum Gasteiger partial charge on any atom is -0.376 e. The van der Waals surface area contributed by atoms with E-state index in [0.717, 1.165) is 23.0 Å². The fraction of sp³-hybridized carbons (Fsp3) is 0.200. The Balaban J connectivity index is 1.94. The lowest BCUT2D eigenvalue weighted by molar-refractivity contribution is 0.762. The molecule has 20 heavy (non-hydrogen) atoms. The molecule has 0 radical (unpaired) electrons. The summed E-state index contributed by atoms with van der Waals surface area (Å²) < 4.78 is 2.06. The van der Waals surface area contributed by atoms with Gasteiger partial charge in [0.2, 0.25) is 0 Å². The third-order valence-corrected chi connectivity index (χ3v) is 5.34. The van der Waals surface area contributed by atoms with Crippen molar-refractivity contribution in [2.45, 2.75) is 18.9 Å². The van der Waals surface area contributed by atoms with E-state index in [1.165, 1.54) is 15.6 Å². The van der Waals surface area contributed by atoms with Crippen molar-refractivity contribution in [2.24, 2.45) is 0 Å². The zero-order valence-corrected chi connectivity index (χ0v) is 15.1. The maximum atomic E-state index is 6.29. The first-order chi connectivity index (χ1) is 9.56. The summed E-state index contributed by atoms with van der Waals surface area (Å²) in [6, 6.07) is 10.3. The van der Waals surface area contributed by atoms with E-state index in [4.69, 9.17) is 23.2 Å². The lowest BCUT2D eigenvalue weighted by Crippen LogP contribution is -2.08. The molecule has 0 saturated carbocycles. The van der Waals surface area contributed by atoms with E-state index in [1.54, 1.807) is 0 Å². The molecule has 1 atom stereocenters. The predicted molar refractivity (Wildman–Crippen MR) is 93.0 cm³/mol. The van der Waals surface area contributed by atoms with Crippen molar-refractivity contribution in [1.82, 2.24) is 0 Å². The number of hydrogen-bond acceptors (Lipinski definition) is 1. The smallest absolute Gasteiger partial charge is 0.0724 e. The number of nitrogens with one attached hydrogen (secondary N) is 1. The number of rotatable bonds is 2. The lowest BCUT2D eigenvalue weighted by atomic mass is 10.1. The number of anilines is 1. The van der Waals surface area contributed by atoms with Gasteiger partial charge in [-0.15, -0.1) is 0 Å². The Bertz CT molecular complexity index is 650. The van der Waals surface area contributed by atoms with Gasteiger partial charge in [0.05, 0.1) is 21.8 Å². The maximum absolute atomic E-state index is 6.29. The first-order valence-corrected chi connectivity index (χ1v) is 8.59. The van der Waals surface area contributed by atoms with Gasteiger partial charge in [-0.25, -0.2) is 0 Å². The van der Waals surface area contributed by atoms with Crippen molar-refractivity contribution in [3.8, 4) is 0 Å². The molecule has 0 saturated heterocycles. The number of fused-ring (bicyclic) bond motifs is 1. The molecule has 2 aromatic rings. The molecule has 104 valence electrons. The Morgan fingerprint density at radius 2 is 1.80 bits per heavy atom. The van der Waals surface area contributed by atoms with Crippen LogP contribution in [0.5, 0.6) is 0 Å². The van der Waals surface area contributed by atoms with Crippen LogP contribution in [0.25, 0.3) is 0 Å². The van der Waals surface area contributed by atoms with E-state index in [-0.39, 0.29) is 6.04 Å². The van der Waals surface area contributed by atoms with Crippen LogP contribution in [0.15, 0.2) is 39.3 Å². The van der Waals surface area contributed by atoms with Gasteiger partial charge in [0.15, 0.2) is 0 Å². The van der Waals surface area contributed by atoms with Crippen LogP contribution < -0.4 is 5.32 Å². The molecular formula is C15H11Br2Cl2N. The van der Waals surface area contributed by atoms with Crippen molar-refractivity contribution in [3.05, 3.63) is 60.4 Å². The quantitative estimate of drug-likeness (QED) is 0.559. The Morgan fingerprint density at radius 1 is 1.10 bits per heavy atom. The zero-order chi connectivity index (χ0) is 14.3. The summed E-state index contributed by atoms with van der Waals surface area (Å²) in [7, 11) is 0. The molecule has 0 spiro atoms. The van der Waals surface area contributed by atoms with E-state index in [1.807, 2.05) is 12.1 Å². The van der Waals surface area contributed by atoms with Crippen LogP contribution in [0.4, 0.5) is 5.69 Å². The summed E-state index contributed by atoms with van der Waals surface area (Å²) in [4.78, 5) is 0. The molecule has 0 amide bonds. The number of hydrogen-bond donors (Lipinski definition) is 1. The lowest BCUT2D eigenvalue weighted by Gasteiger charge is -2.18. The number of halogens is 4. The summed E-state index contributed by atoms with van der Waals surface area (Å²) in [5.41, 5.74) is 3.48. The Morgan fingerprint density at radius 3 is 2.50 bits per heavy atom. The summed E-state index contributed by atoms with van der Waals surface area (Å²) in [5, 5.41) is 4.75. The van der Waals surface area contributed by atoms with Crippen LogP contribution in [0, 0.1) is 0 Å². The highest BCUT2D eigenvalue weighted by Crippen LogP contribution is 2.41. The van der Waals surface area contributed by atoms with Gasteiger partial charge in [0.1, 0.15) is 0 Å². The summed E-state index contributed by atoms with van der Waals surface area (Å²) in [6.45, 7) is 0. The molecule has 3 rings (SSSR count). The normalized spacial score (nSPS) is 17.1. The molecule has 1 N–H and O–H groups in total. The van der Waals surface area contributed by atoms with E-state index in [2.05, 4.69) is 55.4 Å². The summed E-state index contributed by atoms with van der Waals surface area (Å²) in [6.07, 6.45) is 2.10. The van der Waals surface area contributed by atoms with Gasteiger partial charge in [-0.05, 0) is 42.2 Å². The molecule has 0 fully saturated rings. The molecule has 0 aromatic heterocycles. The standard InChI is InChI=1S/C15H11Br2Cl2N/c16-8-6-12(18)15(13(19)7-8)20-14-5-4-9-10(14)2-1-3-11(9)17/h1-3,6-7,14,20H,4-5H2. The molecular weight excluding hydrogens is 425 g/mol. The largest absolute Gasteiger partial charge is 0.376 e. The van der Waals surface area contributed by atoms with Crippen LogP contribution in [0.3, 0.4) is 0 Å². The first-order valence-electron chi connectivity index (χ1n) is 6.24. The highest BCUT2D eigenvalue weighted by Gasteiger charge is 2.25. The van der Waals surface area contributed by atoms with Gasteiger partial charge in [-0.2, -0.15) is 0 Å². The van der Waals surface area contributed by atoms with Crippen molar-refractivity contribution in [1.29, 1.82) is 0 Å². The average molecular weight is 436 g/mol. The first kappa shape index (κ1) is 14.7. The van der Waals surface area contributed by atoms with Crippen molar-refractivity contribution >= 4 is 60.7 Å². The minimum absolute atomic E-state index is 0.249. The molecule has 1 aliphatic rings. The molecule has 1 nitrogen and oxygen atoms in total. The van der Waals surface area contributed by atoms with E-state index in [0.29, 0.717) is 10.0 Å². The van der Waals surface area contributed by atoms with Crippen LogP contribution in [-0.2, 0) is 6.42 Å². The Labute approximate surface area is 144 Å². The third kappa shape index (κ3) is 2.74. The molecule has 0 bridgehead atoms. The van der Waals surface area contributed by atoms with Gasteiger partial charge in [-0.1, -0.05) is 67.2 Å². The molecule has 5 heteroatoms. The van der Waals surface area contributed by atoms with E-state index >= 15 is 0 Å². The minimum atomic E-state index is 0.249. The summed E-state index contributed by atoms with van der Waals surface area (Å²) in [5.74, 6) is 0. The van der Waals surface area contributed by atoms with E-state index in [9.17, 15) is 0 Å². The Hall–Kier alpha value is -0.220. The fourth-order valence-corrected chi connectivity index (χ4v) is 4.51. The van der Waals surface area contributed by atoms with Crippen LogP contribution in [0.1, 0.15) is 23.6 Å². The highest BCUT2D eigenvalue weighted by atomic mass is 79.9. The van der Waals surface area contributed by atoms with Gasteiger partial charge >= 0.3 is 0 Å². The van der Waals surface area contributed by atoms with Crippen LogP contribution in [0.2, 0.25) is 10.0 Å². The highest BCUT2D eigenvalue weighted by molar-refractivity contribution is 9.10. The fourth-order valence-electron chi connectivity index (χ4n) is 2.61. The molecule has 0 heterocycles. The van der Waals surface area contributed by atoms with Crippen LogP contribution in [-0.4, -0.2) is 0 Å². The second kappa shape index (κ2) is 5.88. The zero-order valence-electron chi connectivity index (χ0n) is 10.4. The van der Waals surface area contributed by atoms with Gasteiger partial charge < -0.3 is 5.32 Å². The van der Waals surface area contributed by atoms with Crippen molar-refractivity contribution < 1.29 is 0 Å².